The number of azide groups is 1. The van der Waals surface area contributed by atoms with E-state index in [2.05, 4.69) is 15.0 Å². The molecule has 16 heteroatoms. The molecule has 0 aliphatic carbocycles. The molecule has 0 bridgehead atoms. The van der Waals surface area contributed by atoms with Crippen molar-refractivity contribution >= 4 is 18.1 Å². The molecule has 2 rings (SSSR count). The molecule has 184 valence electrons. The Kier molecular flexibility index (Phi) is 9.35. The summed E-state index contributed by atoms with van der Waals surface area (Å²) in [7, 11) is 0. The summed E-state index contributed by atoms with van der Waals surface area (Å²) in [5.41, 5.74) is 17.6. The highest BCUT2D eigenvalue weighted by atomic mass is 19.4. The summed E-state index contributed by atoms with van der Waals surface area (Å²) in [6.07, 6.45) is -6.54. The number of hydrogen-bond donors (Lipinski definition) is 3. The Morgan fingerprint density at radius 3 is 2.55 bits per heavy atom. The van der Waals surface area contributed by atoms with Crippen molar-refractivity contribution in [3.05, 3.63) is 33.2 Å². The van der Waals surface area contributed by atoms with E-state index in [9.17, 15) is 27.9 Å². The Bertz CT molecular complexity index is 950. The molecule has 1 aromatic rings. The molecule has 0 aromatic carbocycles. The third kappa shape index (κ3) is 6.89. The first kappa shape index (κ1) is 27.8. The fourth-order valence-corrected chi connectivity index (χ4v) is 2.86. The molecule has 5 N–H and O–H groups in total. The number of aliphatic hydroxyl groups is 1. The predicted octanol–water partition coefficient (Wildman–Crippen LogP) is 0.632. The fourth-order valence-electron chi connectivity index (χ4n) is 2.86. The van der Waals surface area contributed by atoms with Crippen LogP contribution in [0.15, 0.2) is 22.2 Å². The van der Waals surface area contributed by atoms with Crippen molar-refractivity contribution in [1.29, 1.82) is 0 Å². The zero-order valence-corrected chi connectivity index (χ0v) is 17.8. The number of esters is 1. The summed E-state index contributed by atoms with van der Waals surface area (Å²) in [6.45, 7) is 4.34. The minimum Gasteiger partial charge on any atom is -0.457 e. The van der Waals surface area contributed by atoms with Gasteiger partial charge in [0.25, 0.3) is 0 Å². The maximum Gasteiger partial charge on any atom is 0.446 e. The van der Waals surface area contributed by atoms with Crippen LogP contribution in [0.2, 0.25) is 0 Å². The Hall–Kier alpha value is -3.20. The minimum absolute atomic E-state index is 0.0243. The zero-order chi connectivity index (χ0) is 25.6. The summed E-state index contributed by atoms with van der Waals surface area (Å²) >= 11 is 0. The molecule has 1 fully saturated rings. The number of carbonyl (C=O) groups excluding carboxylic acids is 2. The third-order valence-electron chi connectivity index (χ3n) is 4.63. The van der Waals surface area contributed by atoms with Crippen LogP contribution in [0.4, 0.5) is 19.0 Å². The average Bonchev–Trinajstić information content (AvgIpc) is 2.99. The van der Waals surface area contributed by atoms with E-state index in [1.807, 2.05) is 0 Å². The van der Waals surface area contributed by atoms with E-state index in [0.29, 0.717) is 0 Å². The molecular formula is C17H24F3N7O6. The van der Waals surface area contributed by atoms with Gasteiger partial charge in [0.05, 0.1) is 6.61 Å². The topological polar surface area (TPSA) is 209 Å². The van der Waals surface area contributed by atoms with Crippen molar-refractivity contribution in [2.45, 2.75) is 51.0 Å². The van der Waals surface area contributed by atoms with Crippen LogP contribution >= 0.6 is 0 Å². The van der Waals surface area contributed by atoms with Gasteiger partial charge in [0.15, 0.2) is 0 Å². The number of carbonyl (C=O) groups is 2. The quantitative estimate of drug-likeness (QED) is 0.171. The van der Waals surface area contributed by atoms with Gasteiger partial charge in [-0.25, -0.2) is 4.79 Å². The lowest BCUT2D eigenvalue weighted by Crippen LogP contribution is -2.48. The number of halogens is 3. The van der Waals surface area contributed by atoms with Gasteiger partial charge in [-0.3, -0.25) is 14.2 Å². The van der Waals surface area contributed by atoms with Crippen LogP contribution in [0.1, 0.15) is 27.0 Å². The van der Waals surface area contributed by atoms with E-state index in [4.69, 9.17) is 31.3 Å². The maximum absolute atomic E-state index is 12.3. The highest BCUT2D eigenvalue weighted by molar-refractivity contribution is 5.76. The van der Waals surface area contributed by atoms with Crippen molar-refractivity contribution in [3.8, 4) is 0 Å². The Balaban J connectivity index is 0.000000801. The maximum atomic E-state index is 12.3. The molecule has 0 amide bonds. The van der Waals surface area contributed by atoms with Gasteiger partial charge in [-0.1, -0.05) is 25.9 Å². The second-order valence-corrected chi connectivity index (χ2v) is 7.39. The fraction of sp³-hybridized carbons (Fsp3) is 0.647. The number of ether oxygens (including phenoxy) is 2. The van der Waals surface area contributed by atoms with Crippen LogP contribution in [-0.2, 0) is 19.1 Å². The number of rotatable bonds is 6. The summed E-state index contributed by atoms with van der Waals surface area (Å²) < 4.78 is 43.5. The lowest BCUT2D eigenvalue weighted by atomic mass is 9.97. The van der Waals surface area contributed by atoms with Crippen molar-refractivity contribution in [2.24, 2.45) is 22.7 Å². The number of alkyl halides is 3. The summed E-state index contributed by atoms with van der Waals surface area (Å²) in [6, 6.07) is 0.472. The summed E-state index contributed by atoms with van der Waals surface area (Å²) in [5, 5.41) is 13.4. The predicted molar refractivity (Wildman–Crippen MR) is 106 cm³/mol. The number of anilines is 1. The highest BCUT2D eigenvalue weighted by Gasteiger charge is 2.56. The molecule has 0 saturated carbocycles. The Labute approximate surface area is 185 Å². The van der Waals surface area contributed by atoms with Crippen LogP contribution in [0.5, 0.6) is 0 Å². The van der Waals surface area contributed by atoms with E-state index >= 15 is 0 Å². The van der Waals surface area contributed by atoms with E-state index < -0.39 is 60.7 Å². The van der Waals surface area contributed by atoms with E-state index in [-0.39, 0.29) is 11.7 Å². The van der Waals surface area contributed by atoms with E-state index in [0.717, 1.165) is 4.57 Å². The molecule has 0 spiro atoms. The van der Waals surface area contributed by atoms with Crippen LogP contribution in [-0.4, -0.2) is 57.6 Å². The van der Waals surface area contributed by atoms with Gasteiger partial charge in [0, 0.05) is 17.0 Å². The third-order valence-corrected chi connectivity index (χ3v) is 4.63. The number of nitrogens with two attached hydrogens (primary N) is 2. The number of nitrogen functional groups attached to an aromatic ring is 1. The molecule has 5 atom stereocenters. The molecule has 33 heavy (non-hydrogen) atoms. The molecule has 0 radical (unpaired) electrons. The van der Waals surface area contributed by atoms with Crippen LogP contribution in [0.25, 0.3) is 10.4 Å². The zero-order valence-electron chi connectivity index (χ0n) is 17.8. The second-order valence-electron chi connectivity index (χ2n) is 7.39. The van der Waals surface area contributed by atoms with Crippen LogP contribution in [0, 0.1) is 11.8 Å². The monoisotopic (exact) mass is 479 g/mol. The number of aldehydes is 1. The lowest BCUT2D eigenvalue weighted by Gasteiger charge is -2.29. The Morgan fingerprint density at radius 1 is 1.55 bits per heavy atom. The number of nitrogens with zero attached hydrogens (tertiary/aromatic N) is 5. The van der Waals surface area contributed by atoms with Crippen LogP contribution in [0.3, 0.4) is 0 Å². The van der Waals surface area contributed by atoms with Gasteiger partial charge in [-0.15, -0.1) is 0 Å². The first-order valence-corrected chi connectivity index (χ1v) is 9.41. The van der Waals surface area contributed by atoms with Gasteiger partial charge in [0.2, 0.25) is 12.0 Å². The number of aromatic nitrogens is 2. The molecule has 0 unspecified atom stereocenters. The first-order valence-electron chi connectivity index (χ1n) is 9.41. The number of aliphatic hydroxyl groups excluding tert-OH is 1. The molecule has 1 aromatic heterocycles. The molecule has 1 aliphatic rings. The van der Waals surface area contributed by atoms with Gasteiger partial charge in [-0.05, 0) is 17.5 Å². The normalized spacial score (nSPS) is 25.4. The van der Waals surface area contributed by atoms with E-state index in [1.54, 1.807) is 20.8 Å². The molecule has 2 heterocycles. The van der Waals surface area contributed by atoms with Gasteiger partial charge < -0.3 is 26.0 Å². The van der Waals surface area contributed by atoms with Gasteiger partial charge >= 0.3 is 17.8 Å². The lowest BCUT2D eigenvalue weighted by molar-refractivity contribution is -0.169. The molecular weight excluding hydrogens is 455 g/mol. The SMILES string of the molecule is CC(C)[C@H](N)C(=O)O[C@H]1[C@H](C)[C@H](n2ccc(N)nc2=O)O[C@@]1(CO)N=[N+]=[N-].O=CC(F)(F)F. The van der Waals surface area contributed by atoms with E-state index in [1.165, 1.54) is 12.3 Å². The Morgan fingerprint density at radius 2 is 2.12 bits per heavy atom. The largest absolute Gasteiger partial charge is 0.457 e. The number of hydrogen-bond acceptors (Lipinski definition) is 10. The van der Waals surface area contributed by atoms with Crippen molar-refractivity contribution in [2.75, 3.05) is 12.3 Å². The van der Waals surface area contributed by atoms with Crippen LogP contribution < -0.4 is 17.2 Å². The average molecular weight is 479 g/mol. The smallest absolute Gasteiger partial charge is 0.446 e. The molecule has 13 nitrogen and oxygen atoms in total. The van der Waals surface area contributed by atoms with Crippen molar-refractivity contribution < 1.29 is 37.3 Å². The van der Waals surface area contributed by atoms with Crippen molar-refractivity contribution in [1.82, 2.24) is 9.55 Å². The second kappa shape index (κ2) is 11.1. The first-order chi connectivity index (χ1) is 15.2. The van der Waals surface area contributed by atoms with Gasteiger partial charge in [-0.2, -0.15) is 18.2 Å². The molecule has 1 aliphatic heterocycles. The summed E-state index contributed by atoms with van der Waals surface area (Å²) in [5.74, 6) is -1.58. The summed E-state index contributed by atoms with van der Waals surface area (Å²) in [4.78, 5) is 39.5. The van der Waals surface area contributed by atoms with Gasteiger partial charge in [0.1, 0.15) is 24.2 Å². The minimum atomic E-state index is -4.64. The standard InChI is InChI=1S/C15H23N7O5.C2HF3O/c1-7(2)10(17)13(24)26-11-8(3)12(27-15(11,6-23)20-21-18)22-5-4-9(16)19-14(22)25;3-2(4,5)1-6/h4-5,7-8,10-12,23H,6,17H2,1-3H3,(H2,16,19,25);1H/t8-,10-,11-,12+,15+;/m0./s1. The van der Waals surface area contributed by atoms with Crippen molar-refractivity contribution in [3.63, 3.8) is 0 Å². The highest BCUT2D eigenvalue weighted by Crippen LogP contribution is 2.43. The molecule has 1 saturated heterocycles.